The number of fused-ring (bicyclic) bond motifs is 1. The molecule has 0 N–H and O–H groups in total. The number of hydrogen-bond donors (Lipinski definition) is 0. The summed E-state index contributed by atoms with van der Waals surface area (Å²) in [6.07, 6.45) is 0.998. The predicted octanol–water partition coefficient (Wildman–Crippen LogP) is 5.64. The van der Waals surface area contributed by atoms with Crippen molar-refractivity contribution < 1.29 is 18.6 Å². The first kappa shape index (κ1) is 26.2. The fourth-order valence-corrected chi connectivity index (χ4v) is 5.00. The zero-order chi connectivity index (χ0) is 26.5. The van der Waals surface area contributed by atoms with Crippen molar-refractivity contribution in [2.24, 2.45) is 0 Å². The number of morpholine rings is 1. The van der Waals surface area contributed by atoms with E-state index in [4.69, 9.17) is 23.6 Å². The molecule has 1 fully saturated rings. The van der Waals surface area contributed by atoms with Crippen molar-refractivity contribution in [3.05, 3.63) is 65.7 Å². The van der Waals surface area contributed by atoms with Crippen LogP contribution in [0.3, 0.4) is 0 Å². The fraction of sp³-hybridized carbons (Fsp3) is 0.387. The highest BCUT2D eigenvalue weighted by Gasteiger charge is 2.17. The third-order valence-electron chi connectivity index (χ3n) is 6.98. The molecule has 0 aliphatic carbocycles. The second kappa shape index (κ2) is 12.0. The Morgan fingerprint density at radius 3 is 2.58 bits per heavy atom. The molecule has 0 bridgehead atoms. The van der Waals surface area contributed by atoms with Crippen molar-refractivity contribution in [3.8, 4) is 34.1 Å². The van der Waals surface area contributed by atoms with Gasteiger partial charge in [0, 0.05) is 43.4 Å². The molecule has 0 amide bonds. The van der Waals surface area contributed by atoms with E-state index in [0.717, 1.165) is 96.2 Å². The maximum Gasteiger partial charge on any atom is 0.227 e. The molecular weight excluding hydrogens is 478 g/mol. The molecule has 0 radical (unpaired) electrons. The highest BCUT2D eigenvalue weighted by Crippen LogP contribution is 2.35. The van der Waals surface area contributed by atoms with Gasteiger partial charge in [0.1, 0.15) is 17.0 Å². The maximum atomic E-state index is 6.23. The summed E-state index contributed by atoms with van der Waals surface area (Å²) >= 11 is 0. The number of benzene rings is 3. The van der Waals surface area contributed by atoms with Crippen molar-refractivity contribution >= 4 is 11.1 Å². The fourth-order valence-electron chi connectivity index (χ4n) is 5.00. The van der Waals surface area contributed by atoms with Crippen molar-refractivity contribution in [2.75, 3.05) is 60.7 Å². The molecule has 7 nitrogen and oxygen atoms in total. The summed E-state index contributed by atoms with van der Waals surface area (Å²) in [4.78, 5) is 9.40. The third-order valence-corrected chi connectivity index (χ3v) is 6.98. The zero-order valence-electron chi connectivity index (χ0n) is 22.8. The van der Waals surface area contributed by atoms with Gasteiger partial charge < -0.3 is 23.5 Å². The molecule has 1 saturated heterocycles. The smallest absolute Gasteiger partial charge is 0.227 e. The topological polar surface area (TPSA) is 60.2 Å². The van der Waals surface area contributed by atoms with E-state index in [1.807, 2.05) is 26.2 Å². The lowest BCUT2D eigenvalue weighted by atomic mass is 9.96. The van der Waals surface area contributed by atoms with Gasteiger partial charge in [0.25, 0.3) is 0 Å². The average molecular weight is 516 g/mol. The average Bonchev–Trinajstić information content (AvgIpc) is 3.34. The van der Waals surface area contributed by atoms with Crippen LogP contribution in [0.1, 0.15) is 17.5 Å². The van der Waals surface area contributed by atoms with Crippen LogP contribution in [0.4, 0.5) is 0 Å². The molecule has 3 aromatic carbocycles. The Hall–Kier alpha value is -3.39. The lowest BCUT2D eigenvalue weighted by Gasteiger charge is -2.26. The SMILES string of the molecule is COc1cc2oc(-c3cccc(-c4cccc(OCCCN5CCOCC5)c4)c3C)nc2cc1CN(C)C. The van der Waals surface area contributed by atoms with E-state index in [1.165, 1.54) is 0 Å². The molecule has 0 atom stereocenters. The summed E-state index contributed by atoms with van der Waals surface area (Å²) < 4.78 is 23.4. The number of nitrogens with zero attached hydrogens (tertiary/aromatic N) is 3. The number of methoxy groups -OCH3 is 1. The number of ether oxygens (including phenoxy) is 3. The van der Waals surface area contributed by atoms with Gasteiger partial charge in [-0.1, -0.05) is 24.3 Å². The monoisotopic (exact) mass is 515 g/mol. The summed E-state index contributed by atoms with van der Waals surface area (Å²) in [5.41, 5.74) is 6.96. The Kier molecular flexibility index (Phi) is 8.27. The molecule has 1 aliphatic rings. The molecule has 7 heteroatoms. The van der Waals surface area contributed by atoms with Crippen LogP contribution in [-0.4, -0.2) is 75.4 Å². The van der Waals surface area contributed by atoms with E-state index in [2.05, 4.69) is 59.2 Å². The standard InChI is InChI=1S/C31H37N3O4/c1-22-26(23-8-5-9-25(18-23)37-15-7-12-34-13-16-36-17-14-34)10-6-11-27(22)31-32-28-19-24(21-33(2)3)29(35-4)20-30(28)38-31/h5-6,8-11,18-20H,7,12-17,21H2,1-4H3. The third kappa shape index (κ3) is 6.01. The minimum atomic E-state index is 0.610. The number of hydrogen-bond acceptors (Lipinski definition) is 7. The van der Waals surface area contributed by atoms with Crippen LogP contribution in [0.2, 0.25) is 0 Å². The van der Waals surface area contributed by atoms with E-state index in [0.29, 0.717) is 12.5 Å². The zero-order valence-corrected chi connectivity index (χ0v) is 22.8. The summed E-state index contributed by atoms with van der Waals surface area (Å²) in [6.45, 7) is 8.30. The van der Waals surface area contributed by atoms with Gasteiger partial charge in [0.05, 0.1) is 26.9 Å². The molecule has 0 spiro atoms. The lowest BCUT2D eigenvalue weighted by Crippen LogP contribution is -2.37. The van der Waals surface area contributed by atoms with Crippen LogP contribution in [0.5, 0.6) is 11.5 Å². The van der Waals surface area contributed by atoms with Crippen molar-refractivity contribution in [1.82, 2.24) is 14.8 Å². The first-order valence-electron chi connectivity index (χ1n) is 13.3. The minimum Gasteiger partial charge on any atom is -0.496 e. The van der Waals surface area contributed by atoms with E-state index in [1.54, 1.807) is 7.11 Å². The normalized spacial score (nSPS) is 14.3. The van der Waals surface area contributed by atoms with E-state index in [-0.39, 0.29) is 0 Å². The Morgan fingerprint density at radius 1 is 1.00 bits per heavy atom. The lowest BCUT2D eigenvalue weighted by molar-refractivity contribution is 0.0358. The van der Waals surface area contributed by atoms with Crippen molar-refractivity contribution in [3.63, 3.8) is 0 Å². The van der Waals surface area contributed by atoms with Gasteiger partial charge in [0.15, 0.2) is 5.58 Å². The van der Waals surface area contributed by atoms with Crippen molar-refractivity contribution in [2.45, 2.75) is 19.9 Å². The van der Waals surface area contributed by atoms with Crippen LogP contribution >= 0.6 is 0 Å². The quantitative estimate of drug-likeness (QED) is 0.253. The molecule has 0 saturated carbocycles. The van der Waals surface area contributed by atoms with Gasteiger partial charge in [0.2, 0.25) is 5.89 Å². The number of rotatable bonds is 10. The minimum absolute atomic E-state index is 0.610. The van der Waals surface area contributed by atoms with Crippen LogP contribution in [0.15, 0.2) is 59.0 Å². The van der Waals surface area contributed by atoms with Gasteiger partial charge in [-0.05, 0) is 68.4 Å². The Balaban J connectivity index is 1.34. The maximum absolute atomic E-state index is 6.23. The van der Waals surface area contributed by atoms with Gasteiger partial charge in [-0.3, -0.25) is 4.90 Å². The summed E-state index contributed by atoms with van der Waals surface area (Å²) in [7, 11) is 5.77. The first-order chi connectivity index (χ1) is 18.5. The van der Waals surface area contributed by atoms with E-state index >= 15 is 0 Å². The molecular formula is C31H37N3O4. The molecule has 38 heavy (non-hydrogen) atoms. The van der Waals surface area contributed by atoms with E-state index in [9.17, 15) is 0 Å². The van der Waals surface area contributed by atoms with Gasteiger partial charge in [-0.15, -0.1) is 0 Å². The van der Waals surface area contributed by atoms with Gasteiger partial charge in [-0.25, -0.2) is 4.98 Å². The van der Waals surface area contributed by atoms with E-state index < -0.39 is 0 Å². The summed E-state index contributed by atoms with van der Waals surface area (Å²) in [5, 5.41) is 0. The summed E-state index contributed by atoms with van der Waals surface area (Å²) in [6, 6.07) is 18.6. The first-order valence-corrected chi connectivity index (χ1v) is 13.3. The molecule has 4 aromatic rings. The summed E-state index contributed by atoms with van der Waals surface area (Å²) in [5.74, 6) is 2.30. The largest absolute Gasteiger partial charge is 0.496 e. The number of oxazole rings is 1. The van der Waals surface area contributed by atoms with Crippen LogP contribution < -0.4 is 9.47 Å². The second-order valence-corrected chi connectivity index (χ2v) is 10.1. The molecule has 2 heterocycles. The molecule has 1 aliphatic heterocycles. The molecule has 0 unspecified atom stereocenters. The Morgan fingerprint density at radius 2 is 1.79 bits per heavy atom. The molecule has 1 aromatic heterocycles. The highest BCUT2D eigenvalue weighted by molar-refractivity contribution is 5.82. The van der Waals surface area contributed by atoms with Crippen LogP contribution in [0.25, 0.3) is 33.7 Å². The predicted molar refractivity (Wildman–Crippen MR) is 151 cm³/mol. The highest BCUT2D eigenvalue weighted by atomic mass is 16.5. The molecule has 200 valence electrons. The second-order valence-electron chi connectivity index (χ2n) is 10.1. The van der Waals surface area contributed by atoms with Gasteiger partial charge >= 0.3 is 0 Å². The Labute approximate surface area is 224 Å². The number of aromatic nitrogens is 1. The van der Waals surface area contributed by atoms with Crippen LogP contribution in [-0.2, 0) is 11.3 Å². The van der Waals surface area contributed by atoms with Crippen molar-refractivity contribution in [1.29, 1.82) is 0 Å². The van der Waals surface area contributed by atoms with Crippen LogP contribution in [0, 0.1) is 6.92 Å². The molecule has 5 rings (SSSR count). The Bertz CT molecular complexity index is 1380. The van der Waals surface area contributed by atoms with Gasteiger partial charge in [-0.2, -0.15) is 0 Å².